The first-order chi connectivity index (χ1) is 11.0. The first-order valence-corrected chi connectivity index (χ1v) is 8.36. The van der Waals surface area contributed by atoms with Gasteiger partial charge in [-0.2, -0.15) is 0 Å². The lowest BCUT2D eigenvalue weighted by molar-refractivity contribution is -0.128. The summed E-state index contributed by atoms with van der Waals surface area (Å²) in [5.41, 5.74) is 0.729. The average Bonchev–Trinajstić information content (AvgIpc) is 2.82. The third-order valence-electron chi connectivity index (χ3n) is 3.37. The lowest BCUT2D eigenvalue weighted by Crippen LogP contribution is -2.34. The van der Waals surface area contributed by atoms with E-state index in [1.165, 1.54) is 23.9 Å². The molecule has 2 N–H and O–H groups in total. The van der Waals surface area contributed by atoms with E-state index in [-0.39, 0.29) is 23.4 Å². The van der Waals surface area contributed by atoms with Gasteiger partial charge in [-0.1, -0.05) is 12.1 Å². The monoisotopic (exact) mass is 339 g/mol. The third kappa shape index (κ3) is 4.95. The van der Waals surface area contributed by atoms with Gasteiger partial charge in [-0.15, -0.1) is 11.8 Å². The van der Waals surface area contributed by atoms with Crippen LogP contribution in [0.15, 0.2) is 24.3 Å². The van der Waals surface area contributed by atoms with E-state index >= 15 is 0 Å². The summed E-state index contributed by atoms with van der Waals surface area (Å²) in [5, 5.41) is 4.62. The van der Waals surface area contributed by atoms with Crippen molar-refractivity contribution in [1.82, 2.24) is 15.5 Å². The lowest BCUT2D eigenvalue weighted by atomic mass is 10.2. The summed E-state index contributed by atoms with van der Waals surface area (Å²) in [4.78, 5) is 36.2. The molecule has 0 saturated carbocycles. The molecule has 1 fully saturated rings. The van der Waals surface area contributed by atoms with Crippen LogP contribution >= 0.6 is 11.8 Å². The molecule has 6 nitrogen and oxygen atoms in total. The fourth-order valence-corrected chi connectivity index (χ4v) is 3.11. The number of thioether (sulfide) groups is 1. The van der Waals surface area contributed by atoms with E-state index in [2.05, 4.69) is 10.6 Å². The predicted octanol–water partition coefficient (Wildman–Crippen LogP) is 1.12. The van der Waals surface area contributed by atoms with Gasteiger partial charge in [0.25, 0.3) is 5.91 Å². The second kappa shape index (κ2) is 7.96. The van der Waals surface area contributed by atoms with E-state index < -0.39 is 12.1 Å². The van der Waals surface area contributed by atoms with Crippen LogP contribution < -0.4 is 10.6 Å². The molecule has 1 aromatic carbocycles. The molecule has 1 aliphatic rings. The van der Waals surface area contributed by atoms with Crippen LogP contribution in [0.4, 0.5) is 9.18 Å². The average molecular weight is 339 g/mol. The van der Waals surface area contributed by atoms with Crippen molar-refractivity contribution >= 4 is 29.6 Å². The molecule has 1 heterocycles. The van der Waals surface area contributed by atoms with Crippen molar-refractivity contribution < 1.29 is 18.8 Å². The van der Waals surface area contributed by atoms with Crippen LogP contribution in [0, 0.1) is 5.82 Å². The summed E-state index contributed by atoms with van der Waals surface area (Å²) in [6.45, 7) is 2.71. The minimum atomic E-state index is -0.599. The Morgan fingerprint density at radius 1 is 1.39 bits per heavy atom. The first-order valence-electron chi connectivity index (χ1n) is 7.21. The Labute approximate surface area is 137 Å². The fourth-order valence-electron chi connectivity index (χ4n) is 2.16. The number of hydrogen-bond acceptors (Lipinski definition) is 4. The van der Waals surface area contributed by atoms with Crippen LogP contribution in [-0.4, -0.2) is 46.8 Å². The van der Waals surface area contributed by atoms with Gasteiger partial charge in [-0.05, 0) is 24.6 Å². The van der Waals surface area contributed by atoms with Crippen LogP contribution in [-0.2, 0) is 16.1 Å². The molecule has 1 atom stereocenters. The molecular formula is C15H18FN3O3S. The van der Waals surface area contributed by atoms with Gasteiger partial charge in [-0.25, -0.2) is 9.18 Å². The van der Waals surface area contributed by atoms with Crippen molar-refractivity contribution in [2.75, 3.05) is 18.1 Å². The number of hydrogen-bond donors (Lipinski definition) is 2. The minimum absolute atomic E-state index is 0.0912. The van der Waals surface area contributed by atoms with Crippen molar-refractivity contribution in [3.8, 4) is 0 Å². The smallest absolute Gasteiger partial charge is 0.322 e. The number of imide groups is 1. The second-order valence-corrected chi connectivity index (χ2v) is 6.10. The Morgan fingerprint density at radius 2 is 2.17 bits per heavy atom. The molecule has 23 heavy (non-hydrogen) atoms. The van der Waals surface area contributed by atoms with Crippen molar-refractivity contribution in [2.45, 2.75) is 19.5 Å². The summed E-state index contributed by atoms with van der Waals surface area (Å²) in [7, 11) is 0. The highest BCUT2D eigenvalue weighted by Gasteiger charge is 2.29. The molecule has 0 aliphatic carbocycles. The van der Waals surface area contributed by atoms with Crippen molar-refractivity contribution in [1.29, 1.82) is 0 Å². The zero-order valence-electron chi connectivity index (χ0n) is 12.7. The maximum Gasteiger partial charge on any atom is 0.322 e. The summed E-state index contributed by atoms with van der Waals surface area (Å²) in [6.07, 6.45) is 0. The maximum atomic E-state index is 13.2. The van der Waals surface area contributed by atoms with E-state index in [1.54, 1.807) is 17.0 Å². The third-order valence-corrected chi connectivity index (χ3v) is 4.39. The highest BCUT2D eigenvalue weighted by molar-refractivity contribution is 8.00. The molecule has 1 aliphatic heterocycles. The van der Waals surface area contributed by atoms with Gasteiger partial charge < -0.3 is 10.2 Å². The molecule has 4 amide bonds. The Hall–Kier alpha value is -2.09. The summed E-state index contributed by atoms with van der Waals surface area (Å²) >= 11 is 1.28. The van der Waals surface area contributed by atoms with E-state index in [1.807, 2.05) is 6.92 Å². The molecule has 8 heteroatoms. The molecular weight excluding hydrogens is 321 g/mol. The first kappa shape index (κ1) is 17.3. The summed E-state index contributed by atoms with van der Waals surface area (Å²) < 4.78 is 13.2. The number of urea groups is 1. The summed E-state index contributed by atoms with van der Waals surface area (Å²) in [6, 6.07) is 5.04. The highest BCUT2D eigenvalue weighted by Crippen LogP contribution is 2.11. The van der Waals surface area contributed by atoms with Gasteiger partial charge in [0.2, 0.25) is 5.91 Å². The molecule has 1 unspecified atom stereocenters. The largest absolute Gasteiger partial charge is 0.338 e. The van der Waals surface area contributed by atoms with E-state index in [0.717, 1.165) is 5.56 Å². The van der Waals surface area contributed by atoms with Gasteiger partial charge in [0.1, 0.15) is 11.9 Å². The molecule has 0 bridgehead atoms. The Bertz CT molecular complexity index is 611. The van der Waals surface area contributed by atoms with Crippen LogP contribution in [0.2, 0.25) is 0 Å². The number of nitrogens with zero attached hydrogens (tertiary/aromatic N) is 1. The maximum absolute atomic E-state index is 13.2. The number of amides is 4. The lowest BCUT2D eigenvalue weighted by Gasteiger charge is -2.21. The highest BCUT2D eigenvalue weighted by atomic mass is 32.2. The Kier molecular flexibility index (Phi) is 5.97. The van der Waals surface area contributed by atoms with Crippen molar-refractivity contribution in [2.24, 2.45) is 0 Å². The van der Waals surface area contributed by atoms with Crippen LogP contribution in [0.25, 0.3) is 0 Å². The predicted molar refractivity (Wildman–Crippen MR) is 85.3 cm³/mol. The Morgan fingerprint density at radius 3 is 2.78 bits per heavy atom. The molecule has 2 rings (SSSR count). The second-order valence-electron chi connectivity index (χ2n) is 5.07. The van der Waals surface area contributed by atoms with Gasteiger partial charge in [0.05, 0.1) is 5.75 Å². The number of nitrogens with one attached hydrogen (secondary N) is 2. The quantitative estimate of drug-likeness (QED) is 0.730. The molecule has 0 aromatic heterocycles. The molecule has 1 aromatic rings. The van der Waals surface area contributed by atoms with Crippen molar-refractivity contribution in [3.05, 3.63) is 35.6 Å². The van der Waals surface area contributed by atoms with E-state index in [9.17, 15) is 18.8 Å². The number of rotatable bonds is 7. The summed E-state index contributed by atoms with van der Waals surface area (Å²) in [5.74, 6) is -0.263. The number of carbonyl (C=O) groups excluding carboxylic acids is 3. The number of halogens is 1. The zero-order chi connectivity index (χ0) is 16.8. The molecule has 1 saturated heterocycles. The van der Waals surface area contributed by atoms with Gasteiger partial charge in [0, 0.05) is 18.8 Å². The van der Waals surface area contributed by atoms with E-state index in [0.29, 0.717) is 18.8 Å². The fraction of sp³-hybridized carbons (Fsp3) is 0.400. The standard InChI is InChI=1S/C15H18FN3O3S/c1-2-19(7-10-4-3-5-11(16)6-10)13(20)9-23-8-12-14(21)18-15(22)17-12/h3-6,12H,2,7-9H2,1H3,(H2,17,18,21,22). The van der Waals surface area contributed by atoms with E-state index in [4.69, 9.17) is 0 Å². The Balaban J connectivity index is 1.81. The van der Waals surface area contributed by atoms with Gasteiger partial charge in [-0.3, -0.25) is 14.9 Å². The van der Waals surface area contributed by atoms with Crippen LogP contribution in [0.5, 0.6) is 0 Å². The topological polar surface area (TPSA) is 78.5 Å². The van der Waals surface area contributed by atoms with Gasteiger partial charge >= 0.3 is 6.03 Å². The molecule has 0 radical (unpaired) electrons. The number of benzene rings is 1. The zero-order valence-corrected chi connectivity index (χ0v) is 13.5. The van der Waals surface area contributed by atoms with Crippen LogP contribution in [0.3, 0.4) is 0 Å². The van der Waals surface area contributed by atoms with Crippen LogP contribution in [0.1, 0.15) is 12.5 Å². The SMILES string of the molecule is CCN(Cc1cccc(F)c1)C(=O)CSCC1NC(=O)NC1=O. The minimum Gasteiger partial charge on any atom is -0.338 e. The van der Waals surface area contributed by atoms with Gasteiger partial charge in [0.15, 0.2) is 0 Å². The molecule has 124 valence electrons. The molecule has 0 spiro atoms. The normalized spacial score (nSPS) is 16.9. The number of carbonyl (C=O) groups is 3. The van der Waals surface area contributed by atoms with Crippen molar-refractivity contribution in [3.63, 3.8) is 0 Å².